The number of fused-ring (bicyclic) bond motifs is 1. The molecule has 0 saturated heterocycles. The Kier molecular flexibility index (Phi) is 7.17. The molecular formula is C27H35N3O2. The molecule has 1 aromatic heterocycles. The highest BCUT2D eigenvalue weighted by molar-refractivity contribution is 5.79. The summed E-state index contributed by atoms with van der Waals surface area (Å²) in [6.45, 7) is 13.0. The molecule has 0 aliphatic rings. The summed E-state index contributed by atoms with van der Waals surface area (Å²) in [4.78, 5) is 33.6. The maximum Gasteiger partial charge on any atom is 0.266 e. The third-order valence-electron chi connectivity index (χ3n) is 5.71. The maximum atomic E-state index is 13.6. The number of carbonyl (C=O) groups is 1. The van der Waals surface area contributed by atoms with Gasteiger partial charge in [0, 0.05) is 13.0 Å². The molecule has 0 fully saturated rings. The number of nitrogens with zero attached hydrogens (tertiary/aromatic N) is 3. The third kappa shape index (κ3) is 5.09. The van der Waals surface area contributed by atoms with Gasteiger partial charge in [-0.05, 0) is 55.0 Å². The molecule has 5 nitrogen and oxygen atoms in total. The van der Waals surface area contributed by atoms with Crippen LogP contribution in [0.1, 0.15) is 71.8 Å². The summed E-state index contributed by atoms with van der Waals surface area (Å²) in [6.07, 6.45) is 2.21. The van der Waals surface area contributed by atoms with E-state index in [1.54, 1.807) is 4.57 Å². The van der Waals surface area contributed by atoms with E-state index in [1.807, 2.05) is 60.4 Å². The lowest BCUT2D eigenvalue weighted by atomic mass is 9.91. The van der Waals surface area contributed by atoms with Crippen LogP contribution < -0.4 is 5.56 Å². The van der Waals surface area contributed by atoms with Gasteiger partial charge in [0.1, 0.15) is 5.82 Å². The summed E-state index contributed by atoms with van der Waals surface area (Å²) in [7, 11) is 0. The van der Waals surface area contributed by atoms with Crippen LogP contribution >= 0.6 is 0 Å². The van der Waals surface area contributed by atoms with Crippen molar-refractivity contribution in [2.24, 2.45) is 5.41 Å². The summed E-state index contributed by atoms with van der Waals surface area (Å²) in [5.41, 5.74) is 2.40. The van der Waals surface area contributed by atoms with Crippen molar-refractivity contribution in [3.8, 4) is 5.69 Å². The lowest BCUT2D eigenvalue weighted by Crippen LogP contribution is -2.39. The van der Waals surface area contributed by atoms with Crippen molar-refractivity contribution in [3.63, 3.8) is 0 Å². The van der Waals surface area contributed by atoms with Crippen molar-refractivity contribution < 1.29 is 4.79 Å². The van der Waals surface area contributed by atoms with E-state index in [-0.39, 0.29) is 22.9 Å². The normalized spacial score (nSPS) is 12.7. The zero-order valence-electron chi connectivity index (χ0n) is 20.2. The Balaban J connectivity index is 2.20. The minimum Gasteiger partial charge on any atom is -0.333 e. The van der Waals surface area contributed by atoms with Crippen LogP contribution in [-0.2, 0) is 11.2 Å². The van der Waals surface area contributed by atoms with Gasteiger partial charge in [0.05, 0.1) is 22.6 Å². The molecule has 170 valence electrons. The Hall–Kier alpha value is -2.95. The molecule has 3 rings (SSSR count). The van der Waals surface area contributed by atoms with Gasteiger partial charge in [0.25, 0.3) is 5.56 Å². The van der Waals surface area contributed by atoms with E-state index in [0.29, 0.717) is 29.7 Å². The number of aryl methyl sites for hydroxylation is 1. The average molecular weight is 434 g/mol. The second-order valence-corrected chi connectivity index (χ2v) is 9.65. The topological polar surface area (TPSA) is 55.2 Å². The van der Waals surface area contributed by atoms with Gasteiger partial charge in [-0.2, -0.15) is 0 Å². The van der Waals surface area contributed by atoms with E-state index in [0.717, 1.165) is 18.5 Å². The van der Waals surface area contributed by atoms with Crippen LogP contribution in [0.25, 0.3) is 16.6 Å². The fourth-order valence-electron chi connectivity index (χ4n) is 4.03. The molecule has 1 unspecified atom stereocenters. The fraction of sp³-hybridized carbons (Fsp3) is 0.444. The van der Waals surface area contributed by atoms with Gasteiger partial charge >= 0.3 is 0 Å². The van der Waals surface area contributed by atoms with Crippen molar-refractivity contribution in [3.05, 3.63) is 70.3 Å². The molecule has 1 atom stereocenters. The molecule has 0 N–H and O–H groups in total. The van der Waals surface area contributed by atoms with E-state index >= 15 is 0 Å². The number of carbonyl (C=O) groups excluding carboxylic acids is 1. The molecule has 32 heavy (non-hydrogen) atoms. The van der Waals surface area contributed by atoms with Gasteiger partial charge < -0.3 is 4.90 Å². The second kappa shape index (κ2) is 9.68. The standard InChI is InChI=1S/C27H35N3O2/c1-7-17-29(24(31)18-27(4,5)6)19(3)25-28-23-12-10-9-11-22(23)26(32)30(25)21-15-13-20(8-2)14-16-21/h9-16,19H,7-8,17-18H2,1-6H3. The molecule has 2 aromatic carbocycles. The quantitative estimate of drug-likeness (QED) is 0.481. The average Bonchev–Trinajstić information content (AvgIpc) is 2.76. The number of hydrogen-bond acceptors (Lipinski definition) is 3. The number of amides is 1. The largest absolute Gasteiger partial charge is 0.333 e. The summed E-state index contributed by atoms with van der Waals surface area (Å²) >= 11 is 0. The van der Waals surface area contributed by atoms with Crippen molar-refractivity contribution in [2.75, 3.05) is 6.54 Å². The van der Waals surface area contributed by atoms with Gasteiger partial charge in [0.2, 0.25) is 5.91 Å². The van der Waals surface area contributed by atoms with Gasteiger partial charge in [0.15, 0.2) is 0 Å². The molecular weight excluding hydrogens is 398 g/mol. The van der Waals surface area contributed by atoms with Crippen LogP contribution in [0, 0.1) is 5.41 Å². The first-order chi connectivity index (χ1) is 15.2. The highest BCUT2D eigenvalue weighted by Gasteiger charge is 2.28. The smallest absolute Gasteiger partial charge is 0.266 e. The first kappa shape index (κ1) is 23.7. The highest BCUT2D eigenvalue weighted by atomic mass is 16.2. The number of para-hydroxylation sites is 1. The molecule has 0 aliphatic heterocycles. The molecule has 0 spiro atoms. The summed E-state index contributed by atoms with van der Waals surface area (Å²) in [5.74, 6) is 0.677. The Morgan fingerprint density at radius 2 is 1.72 bits per heavy atom. The number of benzene rings is 2. The van der Waals surface area contributed by atoms with E-state index in [4.69, 9.17) is 4.98 Å². The van der Waals surface area contributed by atoms with E-state index in [9.17, 15) is 9.59 Å². The van der Waals surface area contributed by atoms with Crippen LogP contribution in [0.5, 0.6) is 0 Å². The first-order valence-electron chi connectivity index (χ1n) is 11.6. The fourth-order valence-corrected chi connectivity index (χ4v) is 4.03. The molecule has 5 heteroatoms. The lowest BCUT2D eigenvalue weighted by Gasteiger charge is -2.32. The summed E-state index contributed by atoms with van der Waals surface area (Å²) in [5, 5.41) is 0.575. The predicted octanol–water partition coefficient (Wildman–Crippen LogP) is 5.68. The maximum absolute atomic E-state index is 13.6. The molecule has 1 amide bonds. The van der Waals surface area contributed by atoms with Crippen molar-refractivity contribution in [1.82, 2.24) is 14.5 Å². The molecule has 0 bridgehead atoms. The van der Waals surface area contributed by atoms with Crippen molar-refractivity contribution in [2.45, 2.75) is 66.8 Å². The van der Waals surface area contributed by atoms with E-state index < -0.39 is 0 Å². The van der Waals surface area contributed by atoms with Crippen molar-refractivity contribution in [1.29, 1.82) is 0 Å². The summed E-state index contributed by atoms with van der Waals surface area (Å²) in [6, 6.07) is 15.1. The lowest BCUT2D eigenvalue weighted by molar-refractivity contribution is -0.135. The zero-order valence-corrected chi connectivity index (χ0v) is 20.2. The zero-order chi connectivity index (χ0) is 23.5. The van der Waals surface area contributed by atoms with Crippen LogP contribution in [0.2, 0.25) is 0 Å². The van der Waals surface area contributed by atoms with Crippen LogP contribution in [-0.4, -0.2) is 26.9 Å². The van der Waals surface area contributed by atoms with Gasteiger partial charge in [-0.3, -0.25) is 14.2 Å². The monoisotopic (exact) mass is 433 g/mol. The Bertz CT molecular complexity index is 1140. The number of hydrogen-bond donors (Lipinski definition) is 0. The molecule has 0 saturated carbocycles. The highest BCUT2D eigenvalue weighted by Crippen LogP contribution is 2.27. The van der Waals surface area contributed by atoms with Gasteiger partial charge in [-0.1, -0.05) is 58.9 Å². The predicted molar refractivity (Wildman–Crippen MR) is 131 cm³/mol. The Morgan fingerprint density at radius 3 is 2.31 bits per heavy atom. The molecule has 3 aromatic rings. The Labute approximate surface area is 191 Å². The van der Waals surface area contributed by atoms with E-state index in [2.05, 4.69) is 34.6 Å². The molecule has 0 radical (unpaired) electrons. The third-order valence-corrected chi connectivity index (χ3v) is 5.71. The minimum atomic E-state index is -0.340. The number of aromatic nitrogens is 2. The number of rotatable bonds is 7. The second-order valence-electron chi connectivity index (χ2n) is 9.65. The van der Waals surface area contributed by atoms with Crippen LogP contribution in [0.4, 0.5) is 0 Å². The minimum absolute atomic E-state index is 0.0853. The van der Waals surface area contributed by atoms with Crippen LogP contribution in [0.3, 0.4) is 0 Å². The van der Waals surface area contributed by atoms with Gasteiger partial charge in [-0.15, -0.1) is 0 Å². The van der Waals surface area contributed by atoms with Gasteiger partial charge in [-0.25, -0.2) is 4.98 Å². The first-order valence-corrected chi connectivity index (χ1v) is 11.6. The van der Waals surface area contributed by atoms with Crippen molar-refractivity contribution >= 4 is 16.8 Å². The molecule has 1 heterocycles. The SMILES string of the molecule is CCCN(C(=O)CC(C)(C)C)C(C)c1nc2ccccc2c(=O)n1-c1ccc(CC)cc1. The Morgan fingerprint density at radius 1 is 1.06 bits per heavy atom. The molecule has 0 aliphatic carbocycles. The summed E-state index contributed by atoms with van der Waals surface area (Å²) < 4.78 is 1.68. The van der Waals surface area contributed by atoms with E-state index in [1.165, 1.54) is 5.56 Å². The van der Waals surface area contributed by atoms with Crippen LogP contribution in [0.15, 0.2) is 53.3 Å².